The molecule has 0 aliphatic carbocycles. The number of nitrogens with zero attached hydrogens (tertiary/aromatic N) is 6. The SMILES string of the molecule is CN(CCCN(CC[C@H](NC(=O)OCc1ccccc1)C(=O)OC(C)(C)C)C[C@H]1O[C@@H](n2cnc3c(Nc4ccccc4)ncnc32)[C@@H]2OC(C)(C)O[C@@H]21)C(=O)OC(C)(C)C. The summed E-state index contributed by atoms with van der Waals surface area (Å²) >= 11 is 0. The van der Waals surface area contributed by atoms with E-state index in [2.05, 4.69) is 25.5 Å². The molecule has 2 aromatic heterocycles. The number of anilines is 2. The largest absolute Gasteiger partial charge is 0.458 e. The maximum atomic E-state index is 13.6. The monoisotopic (exact) mass is 844 g/mol. The third kappa shape index (κ3) is 12.6. The van der Waals surface area contributed by atoms with Crippen LogP contribution in [0, 0.1) is 0 Å². The molecule has 0 saturated carbocycles. The van der Waals surface area contributed by atoms with Crippen LogP contribution >= 0.6 is 0 Å². The van der Waals surface area contributed by atoms with Crippen LogP contribution in [-0.2, 0) is 39.8 Å². The Labute approximate surface area is 357 Å². The molecule has 0 radical (unpaired) electrons. The lowest BCUT2D eigenvalue weighted by atomic mass is 10.1. The standard InChI is InChI=1S/C44H60N8O9/c1-42(2,3)60-39(53)31(49-40(54)56-26-29-17-12-10-13-18-29)21-24-51(23-16-22-50(9)41(55)61-43(4,5)6)25-32-34-35(59-44(7,8)58-34)38(57-32)52-28-47-33-36(45-27-46-37(33)52)48-30-19-14-11-15-20-30/h10-15,17-20,27-28,31-32,34-35,38H,16,21-26H2,1-9H3,(H,49,54)(H,45,46,48)/t31-,32+,34+,35+,38+/m0/s1. The third-order valence-electron chi connectivity index (χ3n) is 9.84. The first-order chi connectivity index (χ1) is 28.8. The summed E-state index contributed by atoms with van der Waals surface area (Å²) < 4.78 is 38.5. The van der Waals surface area contributed by atoms with Gasteiger partial charge in [0.15, 0.2) is 29.0 Å². The van der Waals surface area contributed by atoms with Crippen molar-refractivity contribution >= 4 is 40.8 Å². The second-order valence-corrected chi connectivity index (χ2v) is 17.8. The minimum atomic E-state index is -1.03. The van der Waals surface area contributed by atoms with Crippen molar-refractivity contribution in [1.29, 1.82) is 0 Å². The van der Waals surface area contributed by atoms with Gasteiger partial charge in [0.25, 0.3) is 0 Å². The van der Waals surface area contributed by atoms with Crippen molar-refractivity contribution in [3.05, 3.63) is 78.9 Å². The van der Waals surface area contributed by atoms with Gasteiger partial charge in [0, 0.05) is 32.4 Å². The molecule has 17 nitrogen and oxygen atoms in total. The number of para-hydroxylation sites is 1. The molecular formula is C44H60N8O9. The summed E-state index contributed by atoms with van der Waals surface area (Å²) in [7, 11) is 1.70. The van der Waals surface area contributed by atoms with Gasteiger partial charge >= 0.3 is 18.2 Å². The molecule has 2 N–H and O–H groups in total. The zero-order chi connectivity index (χ0) is 44.0. The van der Waals surface area contributed by atoms with Crippen LogP contribution in [0.3, 0.4) is 0 Å². The van der Waals surface area contributed by atoms with E-state index in [1.54, 1.807) is 39.0 Å². The zero-order valence-electron chi connectivity index (χ0n) is 36.6. The average Bonchev–Trinajstić information content (AvgIpc) is 3.86. The second-order valence-electron chi connectivity index (χ2n) is 17.8. The number of nitrogens with one attached hydrogen (secondary N) is 2. The Morgan fingerprint density at radius 3 is 2.23 bits per heavy atom. The van der Waals surface area contributed by atoms with Crippen LogP contribution < -0.4 is 10.6 Å². The van der Waals surface area contributed by atoms with Gasteiger partial charge in [-0.1, -0.05) is 48.5 Å². The van der Waals surface area contributed by atoms with Gasteiger partial charge in [-0.3, -0.25) is 4.57 Å². The van der Waals surface area contributed by atoms with E-state index in [0.29, 0.717) is 49.6 Å². The minimum absolute atomic E-state index is 0.0370. The summed E-state index contributed by atoms with van der Waals surface area (Å²) in [6, 6.07) is 17.9. The van der Waals surface area contributed by atoms with Gasteiger partial charge in [-0.25, -0.2) is 29.3 Å². The van der Waals surface area contributed by atoms with Crippen LogP contribution in [0.5, 0.6) is 0 Å². The number of amides is 2. The molecule has 5 atom stereocenters. The van der Waals surface area contributed by atoms with Crippen molar-refractivity contribution in [3.63, 3.8) is 0 Å². The van der Waals surface area contributed by atoms with Gasteiger partial charge in [0.05, 0.1) is 6.33 Å². The highest BCUT2D eigenvalue weighted by molar-refractivity contribution is 5.85. The summed E-state index contributed by atoms with van der Waals surface area (Å²) in [6.45, 7) is 16.2. The molecule has 17 heteroatoms. The molecule has 2 aliphatic rings. The Kier molecular flexibility index (Phi) is 14.2. The topological polar surface area (TPSA) is 181 Å². The number of carbonyl (C=O) groups is 3. The number of hydrogen-bond acceptors (Lipinski definition) is 14. The Hall–Kier alpha value is -5.36. The second kappa shape index (κ2) is 19.1. The molecular weight excluding hydrogens is 785 g/mol. The molecule has 2 fully saturated rings. The summed E-state index contributed by atoms with van der Waals surface area (Å²) in [6.07, 6.45) is 0.562. The molecule has 0 unspecified atom stereocenters. The van der Waals surface area contributed by atoms with Crippen LogP contribution in [0.1, 0.15) is 80.0 Å². The quantitative estimate of drug-likeness (QED) is 0.0913. The number of benzene rings is 2. The first-order valence-electron chi connectivity index (χ1n) is 20.7. The predicted octanol–water partition coefficient (Wildman–Crippen LogP) is 6.57. The Bertz CT molecular complexity index is 2090. The molecule has 2 amide bonds. The molecule has 2 aliphatic heterocycles. The third-order valence-corrected chi connectivity index (χ3v) is 9.84. The maximum absolute atomic E-state index is 13.6. The fourth-order valence-electron chi connectivity index (χ4n) is 7.17. The van der Waals surface area contributed by atoms with Crippen LogP contribution in [0.2, 0.25) is 0 Å². The number of esters is 1. The maximum Gasteiger partial charge on any atom is 0.410 e. The summed E-state index contributed by atoms with van der Waals surface area (Å²) in [5.41, 5.74) is 1.34. The van der Waals surface area contributed by atoms with E-state index in [1.165, 1.54) is 6.33 Å². The summed E-state index contributed by atoms with van der Waals surface area (Å²) in [5.74, 6) is -0.951. The first kappa shape index (κ1) is 45.2. The van der Waals surface area contributed by atoms with Crippen LogP contribution in [0.4, 0.5) is 21.1 Å². The first-order valence-corrected chi connectivity index (χ1v) is 20.7. The highest BCUT2D eigenvalue weighted by Gasteiger charge is 2.56. The van der Waals surface area contributed by atoms with Gasteiger partial charge in [0.1, 0.15) is 48.5 Å². The average molecular weight is 845 g/mol. The molecule has 0 bridgehead atoms. The van der Waals surface area contributed by atoms with Crippen molar-refractivity contribution in [2.24, 2.45) is 0 Å². The van der Waals surface area contributed by atoms with Crippen molar-refractivity contribution in [2.75, 3.05) is 38.5 Å². The molecule has 2 aromatic carbocycles. The fourth-order valence-corrected chi connectivity index (χ4v) is 7.17. The summed E-state index contributed by atoms with van der Waals surface area (Å²) in [4.78, 5) is 56.9. The molecule has 4 heterocycles. The molecule has 6 rings (SSSR count). The number of aromatic nitrogens is 4. The Balaban J connectivity index is 1.22. The van der Waals surface area contributed by atoms with Crippen LogP contribution in [0.25, 0.3) is 11.2 Å². The van der Waals surface area contributed by atoms with Crippen LogP contribution in [-0.4, -0.2) is 122 Å². The number of imidazole rings is 1. The number of rotatable bonds is 16. The van der Waals surface area contributed by atoms with E-state index in [-0.39, 0.29) is 13.0 Å². The Morgan fingerprint density at radius 2 is 1.54 bits per heavy atom. The highest BCUT2D eigenvalue weighted by atomic mass is 16.8. The fraction of sp³-hybridized carbons (Fsp3) is 0.545. The summed E-state index contributed by atoms with van der Waals surface area (Å²) in [5, 5.41) is 6.07. The van der Waals surface area contributed by atoms with Gasteiger partial charge < -0.3 is 48.9 Å². The number of fused-ring (bicyclic) bond motifs is 2. The lowest BCUT2D eigenvalue weighted by molar-refractivity contribution is -0.198. The number of alkyl carbamates (subject to hydrolysis) is 1. The molecule has 2 saturated heterocycles. The van der Waals surface area contributed by atoms with E-state index in [4.69, 9.17) is 33.4 Å². The van der Waals surface area contributed by atoms with E-state index >= 15 is 0 Å². The lowest BCUT2D eigenvalue weighted by Crippen LogP contribution is -2.47. The number of hydrogen-bond donors (Lipinski definition) is 2. The van der Waals surface area contributed by atoms with E-state index in [0.717, 1.165) is 11.3 Å². The Morgan fingerprint density at radius 1 is 0.869 bits per heavy atom. The van der Waals surface area contributed by atoms with Crippen molar-refractivity contribution in [3.8, 4) is 0 Å². The van der Waals surface area contributed by atoms with E-state index < -0.39 is 65.7 Å². The van der Waals surface area contributed by atoms with Gasteiger partial charge in [-0.2, -0.15) is 0 Å². The molecule has 0 spiro atoms. The van der Waals surface area contributed by atoms with Gasteiger partial charge in [-0.15, -0.1) is 0 Å². The highest BCUT2D eigenvalue weighted by Crippen LogP contribution is 2.44. The van der Waals surface area contributed by atoms with Crippen molar-refractivity contribution in [2.45, 2.75) is 122 Å². The number of carbonyl (C=O) groups excluding carboxylic acids is 3. The normalized spacial score (nSPS) is 20.2. The lowest BCUT2D eigenvalue weighted by Gasteiger charge is -2.31. The minimum Gasteiger partial charge on any atom is -0.458 e. The van der Waals surface area contributed by atoms with Crippen molar-refractivity contribution < 1.29 is 42.8 Å². The molecule has 4 aromatic rings. The predicted molar refractivity (Wildman–Crippen MR) is 227 cm³/mol. The van der Waals surface area contributed by atoms with E-state index in [1.807, 2.05) is 99.8 Å². The number of ether oxygens (including phenoxy) is 6. The van der Waals surface area contributed by atoms with Gasteiger partial charge in [-0.05, 0) is 92.5 Å². The van der Waals surface area contributed by atoms with E-state index in [9.17, 15) is 14.4 Å². The smallest absolute Gasteiger partial charge is 0.410 e. The molecule has 330 valence electrons. The van der Waals surface area contributed by atoms with Crippen LogP contribution in [0.15, 0.2) is 73.3 Å². The zero-order valence-corrected chi connectivity index (χ0v) is 36.6. The molecule has 61 heavy (non-hydrogen) atoms. The van der Waals surface area contributed by atoms with Gasteiger partial charge in [0.2, 0.25) is 0 Å². The van der Waals surface area contributed by atoms with Crippen molar-refractivity contribution in [1.82, 2.24) is 34.6 Å².